The lowest BCUT2D eigenvalue weighted by Gasteiger charge is -2.13. The van der Waals surface area contributed by atoms with Gasteiger partial charge in [-0.3, -0.25) is 4.98 Å². The van der Waals surface area contributed by atoms with Crippen molar-refractivity contribution in [3.05, 3.63) is 70.9 Å². The van der Waals surface area contributed by atoms with Gasteiger partial charge in [-0.25, -0.2) is 0 Å². The Morgan fingerprint density at radius 3 is 2.56 bits per heavy atom. The van der Waals surface area contributed by atoms with E-state index in [4.69, 9.17) is 14.0 Å². The minimum absolute atomic E-state index is 0.480. The van der Waals surface area contributed by atoms with Gasteiger partial charge in [0.2, 0.25) is 0 Å². The highest BCUT2D eigenvalue weighted by Crippen LogP contribution is 2.28. The Labute approximate surface area is 159 Å². The SMILES string of the molecule is COc1cc(CNCCc2c(C)noc2C)ccc1OCc1ccncc1. The Bertz CT molecular complexity index is 843. The second-order valence-corrected chi connectivity index (χ2v) is 6.36. The van der Waals surface area contributed by atoms with Crippen LogP contribution in [0.5, 0.6) is 11.5 Å². The molecule has 3 aromatic rings. The smallest absolute Gasteiger partial charge is 0.161 e. The zero-order chi connectivity index (χ0) is 19.1. The van der Waals surface area contributed by atoms with Crippen LogP contribution in [-0.2, 0) is 19.6 Å². The molecule has 3 rings (SSSR count). The molecular weight excluding hydrogens is 342 g/mol. The number of nitrogens with one attached hydrogen (secondary N) is 1. The Hall–Kier alpha value is -2.86. The van der Waals surface area contributed by atoms with Gasteiger partial charge in [-0.2, -0.15) is 0 Å². The van der Waals surface area contributed by atoms with Gasteiger partial charge in [0.1, 0.15) is 12.4 Å². The van der Waals surface area contributed by atoms with Crippen molar-refractivity contribution in [2.24, 2.45) is 0 Å². The Morgan fingerprint density at radius 1 is 1.04 bits per heavy atom. The molecule has 0 unspecified atom stereocenters. The van der Waals surface area contributed by atoms with Crippen molar-refractivity contribution in [2.75, 3.05) is 13.7 Å². The quantitative estimate of drug-likeness (QED) is 0.583. The molecule has 27 heavy (non-hydrogen) atoms. The van der Waals surface area contributed by atoms with Gasteiger partial charge < -0.3 is 19.3 Å². The second-order valence-electron chi connectivity index (χ2n) is 6.36. The van der Waals surface area contributed by atoms with Crippen LogP contribution in [0.25, 0.3) is 0 Å². The summed E-state index contributed by atoms with van der Waals surface area (Å²) < 4.78 is 16.6. The van der Waals surface area contributed by atoms with Crippen LogP contribution in [0.4, 0.5) is 0 Å². The van der Waals surface area contributed by atoms with Crippen molar-refractivity contribution in [3.63, 3.8) is 0 Å². The van der Waals surface area contributed by atoms with Gasteiger partial charge in [-0.15, -0.1) is 0 Å². The van der Waals surface area contributed by atoms with E-state index >= 15 is 0 Å². The topological polar surface area (TPSA) is 69.4 Å². The lowest BCUT2D eigenvalue weighted by molar-refractivity contribution is 0.284. The van der Waals surface area contributed by atoms with Crippen LogP contribution in [0.3, 0.4) is 0 Å². The summed E-state index contributed by atoms with van der Waals surface area (Å²) in [6.45, 7) is 6.01. The van der Waals surface area contributed by atoms with Crippen LogP contribution in [0, 0.1) is 13.8 Å². The molecule has 1 N–H and O–H groups in total. The van der Waals surface area contributed by atoms with Crippen LogP contribution in [0.1, 0.15) is 28.1 Å². The summed E-state index contributed by atoms with van der Waals surface area (Å²) >= 11 is 0. The second kappa shape index (κ2) is 9.19. The number of aryl methyl sites for hydroxylation is 2. The van der Waals surface area contributed by atoms with Gasteiger partial charge in [0, 0.05) is 24.5 Å². The lowest BCUT2D eigenvalue weighted by Crippen LogP contribution is -2.17. The first kappa shape index (κ1) is 18.9. The van der Waals surface area contributed by atoms with Crippen molar-refractivity contribution < 1.29 is 14.0 Å². The van der Waals surface area contributed by atoms with Crippen molar-refractivity contribution in [3.8, 4) is 11.5 Å². The normalized spacial score (nSPS) is 10.8. The first-order chi connectivity index (χ1) is 13.2. The number of hydrogen-bond acceptors (Lipinski definition) is 6. The maximum Gasteiger partial charge on any atom is 0.161 e. The predicted molar refractivity (Wildman–Crippen MR) is 103 cm³/mol. The maximum absolute atomic E-state index is 5.88. The number of benzene rings is 1. The third kappa shape index (κ3) is 5.08. The molecule has 0 spiro atoms. The summed E-state index contributed by atoms with van der Waals surface area (Å²) in [5.74, 6) is 2.36. The first-order valence-electron chi connectivity index (χ1n) is 8.98. The molecule has 0 atom stereocenters. The van der Waals surface area contributed by atoms with E-state index in [1.54, 1.807) is 19.5 Å². The molecule has 0 saturated heterocycles. The van der Waals surface area contributed by atoms with Crippen LogP contribution in [-0.4, -0.2) is 23.8 Å². The zero-order valence-electron chi connectivity index (χ0n) is 16.0. The number of aromatic nitrogens is 2. The molecule has 6 heteroatoms. The number of nitrogens with zero attached hydrogens (tertiary/aromatic N) is 2. The molecular formula is C21H25N3O3. The highest BCUT2D eigenvalue weighted by Gasteiger charge is 2.09. The molecule has 0 aliphatic rings. The molecule has 142 valence electrons. The molecule has 2 aromatic heterocycles. The monoisotopic (exact) mass is 367 g/mol. The molecule has 2 heterocycles. The van der Waals surface area contributed by atoms with Crippen LogP contribution < -0.4 is 14.8 Å². The Kier molecular flexibility index (Phi) is 6.44. The van der Waals surface area contributed by atoms with Crippen molar-refractivity contribution >= 4 is 0 Å². The summed E-state index contributed by atoms with van der Waals surface area (Å²) in [6.07, 6.45) is 4.41. The molecule has 0 fully saturated rings. The van der Waals surface area contributed by atoms with Crippen LogP contribution in [0.2, 0.25) is 0 Å². The van der Waals surface area contributed by atoms with E-state index in [0.717, 1.165) is 53.6 Å². The number of ether oxygens (including phenoxy) is 2. The van der Waals surface area contributed by atoms with Gasteiger partial charge in [0.15, 0.2) is 11.5 Å². The standard InChI is InChI=1S/C21H25N3O3/c1-15-19(16(2)27-24-15)8-11-23-13-18-4-5-20(21(12-18)25-3)26-14-17-6-9-22-10-7-17/h4-7,9-10,12,23H,8,11,13-14H2,1-3H3. The van der Waals surface area contributed by atoms with Crippen LogP contribution in [0.15, 0.2) is 47.2 Å². The highest BCUT2D eigenvalue weighted by molar-refractivity contribution is 5.43. The Balaban J connectivity index is 1.52. The van der Waals surface area contributed by atoms with Gasteiger partial charge >= 0.3 is 0 Å². The van der Waals surface area contributed by atoms with Gasteiger partial charge in [0.25, 0.3) is 0 Å². The van der Waals surface area contributed by atoms with Gasteiger partial charge in [-0.05, 0) is 62.2 Å². The lowest BCUT2D eigenvalue weighted by atomic mass is 10.1. The molecule has 0 saturated carbocycles. The van der Waals surface area contributed by atoms with Crippen LogP contribution >= 0.6 is 0 Å². The highest BCUT2D eigenvalue weighted by atomic mass is 16.5. The average Bonchev–Trinajstić information content (AvgIpc) is 3.02. The molecule has 1 aromatic carbocycles. The van der Waals surface area contributed by atoms with Crippen molar-refractivity contribution in [1.82, 2.24) is 15.5 Å². The van der Waals surface area contributed by atoms with E-state index in [9.17, 15) is 0 Å². The first-order valence-corrected chi connectivity index (χ1v) is 8.98. The molecule has 0 radical (unpaired) electrons. The fourth-order valence-electron chi connectivity index (χ4n) is 2.89. The summed E-state index contributed by atoms with van der Waals surface area (Å²) in [4.78, 5) is 4.01. The van der Waals surface area contributed by atoms with E-state index in [-0.39, 0.29) is 0 Å². The Morgan fingerprint density at radius 2 is 1.85 bits per heavy atom. The maximum atomic E-state index is 5.88. The predicted octanol–water partition coefficient (Wildman–Crippen LogP) is 3.61. The summed E-state index contributed by atoms with van der Waals surface area (Å²) in [7, 11) is 1.66. The van der Waals surface area contributed by atoms with E-state index in [1.807, 2.05) is 44.2 Å². The number of pyridine rings is 1. The molecule has 0 bridgehead atoms. The fraction of sp³-hybridized carbons (Fsp3) is 0.333. The summed E-state index contributed by atoms with van der Waals surface area (Å²) in [5.41, 5.74) is 4.35. The van der Waals surface area contributed by atoms with Crippen molar-refractivity contribution in [1.29, 1.82) is 0 Å². The average molecular weight is 367 g/mol. The van der Waals surface area contributed by atoms with Gasteiger partial charge in [0.05, 0.1) is 12.8 Å². The molecule has 0 aliphatic carbocycles. The third-order valence-corrected chi connectivity index (χ3v) is 4.43. The number of methoxy groups -OCH3 is 1. The minimum atomic E-state index is 0.480. The fourth-order valence-corrected chi connectivity index (χ4v) is 2.89. The van der Waals surface area contributed by atoms with Crippen molar-refractivity contribution in [2.45, 2.75) is 33.4 Å². The molecule has 6 nitrogen and oxygen atoms in total. The van der Waals surface area contributed by atoms with E-state index in [2.05, 4.69) is 15.5 Å². The van der Waals surface area contributed by atoms with Gasteiger partial charge in [-0.1, -0.05) is 11.2 Å². The molecule has 0 aliphatic heterocycles. The largest absolute Gasteiger partial charge is 0.493 e. The minimum Gasteiger partial charge on any atom is -0.493 e. The van der Waals surface area contributed by atoms with E-state index in [1.165, 1.54) is 5.56 Å². The van der Waals surface area contributed by atoms with E-state index in [0.29, 0.717) is 6.61 Å². The summed E-state index contributed by atoms with van der Waals surface area (Å²) in [5, 5.41) is 7.44. The number of rotatable bonds is 9. The third-order valence-electron chi connectivity index (χ3n) is 4.43. The van der Waals surface area contributed by atoms with E-state index < -0.39 is 0 Å². The molecule has 0 amide bonds. The zero-order valence-corrected chi connectivity index (χ0v) is 16.0. The summed E-state index contributed by atoms with van der Waals surface area (Å²) in [6, 6.07) is 9.87. The number of hydrogen-bond donors (Lipinski definition) is 1.